The number of sulfonamides is 1. The number of nitrogens with zero attached hydrogens (tertiary/aromatic N) is 2. The Bertz CT molecular complexity index is 682. The maximum atomic E-state index is 12.4. The highest BCUT2D eigenvalue weighted by molar-refractivity contribution is 7.89. The summed E-state index contributed by atoms with van der Waals surface area (Å²) in [5.74, 6) is 0.103. The monoisotopic (exact) mass is 365 g/mol. The fraction of sp³-hybridized carbons (Fsp3) is 0.611. The van der Waals surface area contributed by atoms with Crippen molar-refractivity contribution in [1.82, 2.24) is 9.62 Å². The summed E-state index contributed by atoms with van der Waals surface area (Å²) in [6.45, 7) is 4.36. The molecule has 0 spiro atoms. The van der Waals surface area contributed by atoms with Crippen LogP contribution in [0.15, 0.2) is 29.2 Å². The van der Waals surface area contributed by atoms with Crippen molar-refractivity contribution in [3.8, 4) is 0 Å². The largest absolute Gasteiger partial charge is 0.312 e. The molecular formula is C18H27N3O3S. The molecule has 1 aromatic rings. The van der Waals surface area contributed by atoms with E-state index in [0.717, 1.165) is 38.2 Å². The first-order valence-corrected chi connectivity index (χ1v) is 10.7. The lowest BCUT2D eigenvalue weighted by Crippen LogP contribution is -2.33. The number of anilines is 1. The molecule has 2 fully saturated rings. The molecule has 7 heteroatoms. The van der Waals surface area contributed by atoms with Gasteiger partial charge < -0.3 is 9.80 Å². The van der Waals surface area contributed by atoms with E-state index in [-0.39, 0.29) is 10.8 Å². The van der Waals surface area contributed by atoms with Gasteiger partial charge in [-0.2, -0.15) is 0 Å². The molecule has 2 saturated heterocycles. The molecule has 138 valence electrons. The van der Waals surface area contributed by atoms with Crippen LogP contribution in [0.2, 0.25) is 0 Å². The van der Waals surface area contributed by atoms with Crippen molar-refractivity contribution in [3.63, 3.8) is 0 Å². The van der Waals surface area contributed by atoms with Crippen molar-refractivity contribution in [3.05, 3.63) is 24.3 Å². The van der Waals surface area contributed by atoms with Gasteiger partial charge in [0.15, 0.2) is 0 Å². The molecular weight excluding hydrogens is 338 g/mol. The van der Waals surface area contributed by atoms with Gasteiger partial charge in [0.1, 0.15) is 0 Å². The van der Waals surface area contributed by atoms with Crippen LogP contribution in [-0.2, 0) is 14.8 Å². The number of piperidine rings is 1. The second-order valence-electron chi connectivity index (χ2n) is 6.80. The van der Waals surface area contributed by atoms with E-state index in [9.17, 15) is 13.2 Å². The number of hydrogen-bond donors (Lipinski definition) is 1. The van der Waals surface area contributed by atoms with Gasteiger partial charge in [-0.15, -0.1) is 0 Å². The van der Waals surface area contributed by atoms with Crippen LogP contribution >= 0.6 is 0 Å². The van der Waals surface area contributed by atoms with Gasteiger partial charge in [0.25, 0.3) is 0 Å². The van der Waals surface area contributed by atoms with Gasteiger partial charge in [-0.1, -0.05) is 6.42 Å². The van der Waals surface area contributed by atoms with E-state index in [1.165, 1.54) is 19.3 Å². The fourth-order valence-electron chi connectivity index (χ4n) is 3.50. The first kappa shape index (κ1) is 18.4. The van der Waals surface area contributed by atoms with Crippen LogP contribution in [0.25, 0.3) is 0 Å². The van der Waals surface area contributed by atoms with Crippen molar-refractivity contribution in [2.45, 2.75) is 43.4 Å². The van der Waals surface area contributed by atoms with Crippen LogP contribution in [0.1, 0.15) is 38.5 Å². The number of amides is 1. The standard InChI is InChI=1S/C18H27N3O3S/c22-18-6-4-15-21(18)16-7-9-17(10-8-16)25(23,24)19-11-5-14-20-12-2-1-3-13-20/h7-10,19H,1-6,11-15H2. The lowest BCUT2D eigenvalue weighted by atomic mass is 10.1. The summed E-state index contributed by atoms with van der Waals surface area (Å²) in [5.41, 5.74) is 0.770. The lowest BCUT2D eigenvalue weighted by Gasteiger charge is -2.26. The minimum absolute atomic E-state index is 0.103. The highest BCUT2D eigenvalue weighted by atomic mass is 32.2. The molecule has 1 aromatic carbocycles. The highest BCUT2D eigenvalue weighted by Crippen LogP contribution is 2.22. The summed E-state index contributed by atoms with van der Waals surface area (Å²) in [5, 5.41) is 0. The van der Waals surface area contributed by atoms with E-state index in [0.29, 0.717) is 19.5 Å². The predicted molar refractivity (Wildman–Crippen MR) is 98.1 cm³/mol. The predicted octanol–water partition coefficient (Wildman–Crippen LogP) is 1.97. The zero-order chi connectivity index (χ0) is 17.7. The second kappa shape index (κ2) is 8.29. The second-order valence-corrected chi connectivity index (χ2v) is 8.56. The summed E-state index contributed by atoms with van der Waals surface area (Å²) in [6, 6.07) is 6.58. The molecule has 0 unspecified atom stereocenters. The molecule has 2 aliphatic rings. The molecule has 0 aliphatic carbocycles. The van der Waals surface area contributed by atoms with Crippen LogP contribution in [0.4, 0.5) is 5.69 Å². The summed E-state index contributed by atoms with van der Waals surface area (Å²) in [7, 11) is -3.49. The molecule has 0 aromatic heterocycles. The van der Waals surface area contributed by atoms with Crippen molar-refractivity contribution >= 4 is 21.6 Å². The number of benzene rings is 1. The van der Waals surface area contributed by atoms with Gasteiger partial charge in [-0.25, -0.2) is 13.1 Å². The molecule has 0 atom stereocenters. The molecule has 3 rings (SSSR count). The van der Waals surface area contributed by atoms with E-state index in [4.69, 9.17) is 0 Å². The van der Waals surface area contributed by atoms with Crippen molar-refractivity contribution in [1.29, 1.82) is 0 Å². The van der Waals surface area contributed by atoms with Crippen LogP contribution in [0, 0.1) is 0 Å². The summed E-state index contributed by atoms with van der Waals surface area (Å²) in [4.78, 5) is 16.1. The third kappa shape index (κ3) is 4.80. The Labute approximate surface area is 150 Å². The molecule has 0 bridgehead atoms. The van der Waals surface area contributed by atoms with E-state index in [2.05, 4.69) is 9.62 Å². The van der Waals surface area contributed by atoms with Gasteiger partial charge >= 0.3 is 0 Å². The Morgan fingerprint density at radius 2 is 1.68 bits per heavy atom. The number of rotatable bonds is 7. The lowest BCUT2D eigenvalue weighted by molar-refractivity contribution is -0.117. The van der Waals surface area contributed by atoms with E-state index in [1.807, 2.05) is 0 Å². The van der Waals surface area contributed by atoms with Gasteiger partial charge in [-0.3, -0.25) is 4.79 Å². The molecule has 0 radical (unpaired) electrons. The zero-order valence-electron chi connectivity index (χ0n) is 14.6. The summed E-state index contributed by atoms with van der Waals surface area (Å²) < 4.78 is 27.4. The fourth-order valence-corrected chi connectivity index (χ4v) is 4.58. The average Bonchev–Trinajstić information content (AvgIpc) is 3.06. The van der Waals surface area contributed by atoms with Gasteiger partial charge in [0.05, 0.1) is 4.90 Å². The Hall–Kier alpha value is -1.44. The van der Waals surface area contributed by atoms with Crippen molar-refractivity contribution in [2.24, 2.45) is 0 Å². The number of hydrogen-bond acceptors (Lipinski definition) is 4. The highest BCUT2D eigenvalue weighted by Gasteiger charge is 2.22. The van der Waals surface area contributed by atoms with Crippen LogP contribution < -0.4 is 9.62 Å². The topological polar surface area (TPSA) is 69.7 Å². The van der Waals surface area contributed by atoms with Crippen molar-refractivity contribution < 1.29 is 13.2 Å². The van der Waals surface area contributed by atoms with Crippen molar-refractivity contribution in [2.75, 3.05) is 37.6 Å². The van der Waals surface area contributed by atoms with E-state index >= 15 is 0 Å². The van der Waals surface area contributed by atoms with E-state index < -0.39 is 10.0 Å². The third-order valence-electron chi connectivity index (χ3n) is 4.92. The van der Waals surface area contributed by atoms with Gasteiger partial charge in [0, 0.05) is 25.2 Å². The third-order valence-corrected chi connectivity index (χ3v) is 6.40. The summed E-state index contributed by atoms with van der Waals surface area (Å²) in [6.07, 6.45) is 6.05. The Morgan fingerprint density at radius 1 is 0.960 bits per heavy atom. The Balaban J connectivity index is 1.50. The molecule has 0 saturated carbocycles. The molecule has 2 heterocycles. The number of carbonyl (C=O) groups excluding carboxylic acids is 1. The molecule has 6 nitrogen and oxygen atoms in total. The SMILES string of the molecule is O=C1CCCN1c1ccc(S(=O)(=O)NCCCN2CCCCC2)cc1. The first-order chi connectivity index (χ1) is 12.1. The Morgan fingerprint density at radius 3 is 2.32 bits per heavy atom. The van der Waals surface area contributed by atoms with Gasteiger partial charge in [0.2, 0.25) is 15.9 Å². The maximum absolute atomic E-state index is 12.4. The molecule has 25 heavy (non-hydrogen) atoms. The van der Waals surface area contributed by atoms with Crippen LogP contribution in [0.3, 0.4) is 0 Å². The first-order valence-electron chi connectivity index (χ1n) is 9.19. The normalized spacial score (nSPS) is 19.5. The maximum Gasteiger partial charge on any atom is 0.240 e. The smallest absolute Gasteiger partial charge is 0.240 e. The molecule has 1 N–H and O–H groups in total. The average molecular weight is 365 g/mol. The van der Waals surface area contributed by atoms with Crippen LogP contribution in [0.5, 0.6) is 0 Å². The van der Waals surface area contributed by atoms with Crippen LogP contribution in [-0.4, -0.2) is 51.9 Å². The minimum atomic E-state index is -3.49. The zero-order valence-corrected chi connectivity index (χ0v) is 15.4. The van der Waals surface area contributed by atoms with E-state index in [1.54, 1.807) is 29.2 Å². The molecule has 1 amide bonds. The van der Waals surface area contributed by atoms with Gasteiger partial charge in [-0.05, 0) is 69.6 Å². The quantitative estimate of drug-likeness (QED) is 0.750. The summed E-state index contributed by atoms with van der Waals surface area (Å²) >= 11 is 0. The number of likely N-dealkylation sites (tertiary alicyclic amines) is 1. The Kier molecular flexibility index (Phi) is 6.09. The number of carbonyl (C=O) groups is 1. The molecule has 2 aliphatic heterocycles. The minimum Gasteiger partial charge on any atom is -0.312 e. The number of nitrogens with one attached hydrogen (secondary N) is 1.